The van der Waals surface area contributed by atoms with Gasteiger partial charge in [-0.2, -0.15) is 13.2 Å². The van der Waals surface area contributed by atoms with Crippen LogP contribution in [0.1, 0.15) is 16.7 Å². The van der Waals surface area contributed by atoms with Crippen LogP contribution in [0.5, 0.6) is 0 Å². The van der Waals surface area contributed by atoms with Crippen molar-refractivity contribution >= 4 is 5.69 Å². The van der Waals surface area contributed by atoms with Gasteiger partial charge in [-0.15, -0.1) is 0 Å². The monoisotopic (exact) mass is 267 g/mol. The molecule has 6 heteroatoms. The largest absolute Gasteiger partial charge is 0.416 e. The summed E-state index contributed by atoms with van der Waals surface area (Å²) in [4.78, 5) is 7.69. The van der Waals surface area contributed by atoms with Gasteiger partial charge in [0.05, 0.1) is 5.56 Å². The summed E-state index contributed by atoms with van der Waals surface area (Å²) < 4.78 is 37.8. The zero-order chi connectivity index (χ0) is 13.9. The van der Waals surface area contributed by atoms with Crippen molar-refractivity contribution in [2.75, 3.05) is 5.32 Å². The van der Waals surface area contributed by atoms with Crippen LogP contribution in [0.15, 0.2) is 36.9 Å². The lowest BCUT2D eigenvalue weighted by molar-refractivity contribution is -0.137. The number of rotatable bonds is 3. The van der Waals surface area contributed by atoms with Crippen molar-refractivity contribution in [3.63, 3.8) is 0 Å². The molecule has 1 aromatic heterocycles. The fourth-order valence-corrected chi connectivity index (χ4v) is 1.61. The van der Waals surface area contributed by atoms with Gasteiger partial charge in [0.25, 0.3) is 0 Å². The second-order valence-corrected chi connectivity index (χ2v) is 4.13. The number of aryl methyl sites for hydroxylation is 1. The minimum atomic E-state index is -4.33. The fraction of sp³-hybridized carbons (Fsp3) is 0.231. The molecule has 1 aromatic carbocycles. The third-order valence-electron chi connectivity index (χ3n) is 2.66. The number of halogens is 3. The van der Waals surface area contributed by atoms with Crippen molar-refractivity contribution < 1.29 is 13.2 Å². The first-order valence-electron chi connectivity index (χ1n) is 5.62. The molecule has 0 aliphatic heterocycles. The predicted molar refractivity (Wildman–Crippen MR) is 65.5 cm³/mol. The van der Waals surface area contributed by atoms with E-state index in [1.54, 1.807) is 19.3 Å². The van der Waals surface area contributed by atoms with E-state index >= 15 is 0 Å². The molecule has 0 saturated heterocycles. The molecule has 1 N–H and O–H groups in total. The maximum atomic E-state index is 12.6. The van der Waals surface area contributed by atoms with Gasteiger partial charge >= 0.3 is 6.18 Å². The highest BCUT2D eigenvalue weighted by Crippen LogP contribution is 2.32. The van der Waals surface area contributed by atoms with Crippen LogP contribution in [-0.2, 0) is 12.7 Å². The van der Waals surface area contributed by atoms with Crippen molar-refractivity contribution in [1.82, 2.24) is 9.97 Å². The maximum Gasteiger partial charge on any atom is 0.416 e. The third-order valence-corrected chi connectivity index (χ3v) is 2.66. The highest BCUT2D eigenvalue weighted by Gasteiger charge is 2.30. The number of anilines is 1. The fourth-order valence-electron chi connectivity index (χ4n) is 1.61. The van der Waals surface area contributed by atoms with E-state index in [0.29, 0.717) is 12.2 Å². The number of nitrogens with zero attached hydrogens (tertiary/aromatic N) is 2. The molecule has 0 atom stereocenters. The van der Waals surface area contributed by atoms with E-state index in [2.05, 4.69) is 15.3 Å². The Hall–Kier alpha value is -2.11. The van der Waals surface area contributed by atoms with Crippen molar-refractivity contribution in [2.24, 2.45) is 0 Å². The zero-order valence-electron chi connectivity index (χ0n) is 10.2. The van der Waals surface area contributed by atoms with Gasteiger partial charge in [-0.1, -0.05) is 6.07 Å². The quantitative estimate of drug-likeness (QED) is 0.926. The number of aromatic nitrogens is 2. The van der Waals surface area contributed by atoms with Crippen LogP contribution >= 0.6 is 0 Å². The topological polar surface area (TPSA) is 37.8 Å². The Morgan fingerprint density at radius 1 is 1.16 bits per heavy atom. The summed E-state index contributed by atoms with van der Waals surface area (Å²) in [6.45, 7) is 2.13. The summed E-state index contributed by atoms with van der Waals surface area (Å²) >= 11 is 0. The summed E-state index contributed by atoms with van der Waals surface area (Å²) in [5.74, 6) is 0. The Balaban J connectivity index is 2.16. The van der Waals surface area contributed by atoms with Crippen LogP contribution in [0.25, 0.3) is 0 Å². The molecule has 0 radical (unpaired) electrons. The first-order valence-corrected chi connectivity index (χ1v) is 5.62. The van der Waals surface area contributed by atoms with Gasteiger partial charge in [-0.3, -0.25) is 0 Å². The number of nitrogens with one attached hydrogen (secondary N) is 1. The van der Waals surface area contributed by atoms with Gasteiger partial charge in [-0.05, 0) is 24.6 Å². The molecule has 0 fully saturated rings. The van der Waals surface area contributed by atoms with Crippen LogP contribution in [0.4, 0.5) is 18.9 Å². The lowest BCUT2D eigenvalue weighted by Crippen LogP contribution is -2.07. The Labute approximate surface area is 108 Å². The van der Waals surface area contributed by atoms with Gasteiger partial charge in [0.1, 0.15) is 6.33 Å². The Morgan fingerprint density at radius 2 is 1.84 bits per heavy atom. The lowest BCUT2D eigenvalue weighted by Gasteiger charge is -2.13. The summed E-state index contributed by atoms with van der Waals surface area (Å²) in [6.07, 6.45) is 0.297. The molecule has 0 saturated carbocycles. The van der Waals surface area contributed by atoms with E-state index < -0.39 is 11.7 Å². The predicted octanol–water partition coefficient (Wildman–Crippen LogP) is 3.42. The first-order chi connectivity index (χ1) is 8.97. The van der Waals surface area contributed by atoms with Crippen LogP contribution in [0.3, 0.4) is 0 Å². The van der Waals surface area contributed by atoms with Crippen LogP contribution < -0.4 is 5.32 Å². The molecule has 0 bridgehead atoms. The molecule has 0 aliphatic rings. The van der Waals surface area contributed by atoms with Crippen LogP contribution in [0.2, 0.25) is 0 Å². The number of hydrogen-bond acceptors (Lipinski definition) is 3. The average molecular weight is 267 g/mol. The van der Waals surface area contributed by atoms with Gasteiger partial charge in [-0.25, -0.2) is 9.97 Å². The molecule has 2 rings (SSSR count). The van der Waals surface area contributed by atoms with Crippen LogP contribution in [-0.4, -0.2) is 9.97 Å². The van der Waals surface area contributed by atoms with E-state index in [4.69, 9.17) is 0 Å². The van der Waals surface area contributed by atoms with Gasteiger partial charge < -0.3 is 5.32 Å². The molecule has 100 valence electrons. The molecule has 0 spiro atoms. The van der Waals surface area contributed by atoms with E-state index in [1.807, 2.05) is 0 Å². The molecule has 3 nitrogen and oxygen atoms in total. The minimum Gasteiger partial charge on any atom is -0.381 e. The lowest BCUT2D eigenvalue weighted by atomic mass is 10.1. The average Bonchev–Trinajstić information content (AvgIpc) is 2.37. The van der Waals surface area contributed by atoms with Gasteiger partial charge in [0.2, 0.25) is 0 Å². The van der Waals surface area contributed by atoms with E-state index in [-0.39, 0.29) is 0 Å². The normalized spacial score (nSPS) is 11.4. The number of hydrogen-bond donors (Lipinski definition) is 1. The second-order valence-electron chi connectivity index (χ2n) is 4.13. The molecule has 1 heterocycles. The van der Waals surface area contributed by atoms with E-state index in [9.17, 15) is 13.2 Å². The Kier molecular flexibility index (Phi) is 3.69. The molecular weight excluding hydrogens is 255 g/mol. The summed E-state index contributed by atoms with van der Waals surface area (Å²) in [7, 11) is 0. The molecule has 0 unspecified atom stereocenters. The Morgan fingerprint density at radius 3 is 2.47 bits per heavy atom. The van der Waals surface area contributed by atoms with Crippen molar-refractivity contribution in [2.45, 2.75) is 19.6 Å². The smallest absolute Gasteiger partial charge is 0.381 e. The standard InChI is InChI=1S/C13H12F3N3/c1-9-2-3-11(13(14,15)16)4-12(9)19-7-10-5-17-8-18-6-10/h2-6,8,19H,7H2,1H3. The minimum absolute atomic E-state index is 0.378. The Bertz CT molecular complexity index is 553. The van der Waals surface area contributed by atoms with Gasteiger partial charge in [0, 0.05) is 30.2 Å². The molecule has 0 aliphatic carbocycles. The molecular formula is C13H12F3N3. The molecule has 19 heavy (non-hydrogen) atoms. The highest BCUT2D eigenvalue weighted by molar-refractivity contribution is 5.53. The van der Waals surface area contributed by atoms with Crippen LogP contribution in [0, 0.1) is 6.92 Å². The maximum absolute atomic E-state index is 12.6. The van der Waals surface area contributed by atoms with E-state index in [1.165, 1.54) is 12.4 Å². The van der Waals surface area contributed by atoms with Crippen molar-refractivity contribution in [1.29, 1.82) is 0 Å². The summed E-state index contributed by atoms with van der Waals surface area (Å²) in [5, 5.41) is 2.96. The highest BCUT2D eigenvalue weighted by atomic mass is 19.4. The number of benzene rings is 1. The SMILES string of the molecule is Cc1ccc(C(F)(F)F)cc1NCc1cncnc1. The molecule has 0 amide bonds. The summed E-state index contributed by atoms with van der Waals surface area (Å²) in [5.41, 5.74) is 1.35. The third kappa shape index (κ3) is 3.43. The second kappa shape index (κ2) is 5.26. The number of alkyl halides is 3. The van der Waals surface area contributed by atoms with E-state index in [0.717, 1.165) is 23.3 Å². The first kappa shape index (κ1) is 13.3. The molecule has 2 aromatic rings. The van der Waals surface area contributed by atoms with Crippen molar-refractivity contribution in [3.05, 3.63) is 53.6 Å². The van der Waals surface area contributed by atoms with Gasteiger partial charge in [0.15, 0.2) is 0 Å². The van der Waals surface area contributed by atoms with Crippen molar-refractivity contribution in [3.8, 4) is 0 Å². The summed E-state index contributed by atoms with van der Waals surface area (Å²) in [6, 6.07) is 3.64. The zero-order valence-corrected chi connectivity index (χ0v) is 10.2.